The van der Waals surface area contributed by atoms with Crippen LogP contribution in [0.4, 0.5) is 10.2 Å². The molecule has 1 aromatic carbocycles. The highest BCUT2D eigenvalue weighted by Gasteiger charge is 2.31. The molecule has 4 rings (SSSR count). The number of fused-ring (bicyclic) bond motifs is 1. The summed E-state index contributed by atoms with van der Waals surface area (Å²) in [5.74, 6) is 0.689. The number of anilines is 1. The number of benzene rings is 1. The maximum Gasteiger partial charge on any atom is 0.186 e. The maximum absolute atomic E-state index is 13.3. The van der Waals surface area contributed by atoms with Crippen molar-refractivity contribution in [3.63, 3.8) is 0 Å². The van der Waals surface area contributed by atoms with Gasteiger partial charge in [-0.25, -0.2) is 9.07 Å². The van der Waals surface area contributed by atoms with Crippen LogP contribution in [0.1, 0.15) is 24.5 Å². The largest absolute Gasteiger partial charge is 0.383 e. The molecule has 1 aliphatic carbocycles. The first-order chi connectivity index (χ1) is 9.24. The number of rotatable bonds is 2. The van der Waals surface area contributed by atoms with Crippen molar-refractivity contribution in [3.05, 3.63) is 35.8 Å². The third kappa shape index (κ3) is 1.53. The molecule has 0 unspecified atom stereocenters. The third-order valence-corrected chi connectivity index (χ3v) is 3.46. The molecule has 0 spiro atoms. The summed E-state index contributed by atoms with van der Waals surface area (Å²) >= 11 is 0. The van der Waals surface area contributed by atoms with E-state index in [0.29, 0.717) is 23.1 Å². The number of aromatic nitrogens is 4. The van der Waals surface area contributed by atoms with E-state index in [-0.39, 0.29) is 5.82 Å². The first-order valence-electron chi connectivity index (χ1n) is 6.22. The average molecular weight is 257 g/mol. The molecule has 0 amide bonds. The molecule has 2 heterocycles. The van der Waals surface area contributed by atoms with Crippen molar-refractivity contribution in [3.8, 4) is 5.69 Å². The highest BCUT2D eigenvalue weighted by atomic mass is 19.1. The number of hydrogen-bond acceptors (Lipinski definition) is 3. The lowest BCUT2D eigenvalue weighted by Gasteiger charge is -2.01. The van der Waals surface area contributed by atoms with E-state index in [1.807, 2.05) is 0 Å². The summed E-state index contributed by atoms with van der Waals surface area (Å²) in [6.45, 7) is 0. The van der Waals surface area contributed by atoms with Crippen LogP contribution in [0.5, 0.6) is 0 Å². The maximum atomic E-state index is 13.3. The fraction of sp³-hybridized carbons (Fsp3) is 0.231. The quantitative estimate of drug-likeness (QED) is 0.740. The van der Waals surface area contributed by atoms with Gasteiger partial charge in [-0.15, -0.1) is 0 Å². The molecule has 1 saturated carbocycles. The van der Waals surface area contributed by atoms with E-state index in [2.05, 4.69) is 15.3 Å². The zero-order chi connectivity index (χ0) is 13.0. The van der Waals surface area contributed by atoms with E-state index in [0.717, 1.165) is 23.9 Å². The molecule has 19 heavy (non-hydrogen) atoms. The minimum atomic E-state index is -0.294. The molecule has 1 aliphatic rings. The molecule has 0 atom stereocenters. The lowest BCUT2D eigenvalue weighted by atomic mass is 10.2. The number of nitrogens with zero attached hydrogens (tertiary/aromatic N) is 3. The Morgan fingerprint density at radius 1 is 1.37 bits per heavy atom. The van der Waals surface area contributed by atoms with Crippen LogP contribution in [-0.2, 0) is 0 Å². The smallest absolute Gasteiger partial charge is 0.186 e. The second kappa shape index (κ2) is 3.57. The zero-order valence-corrected chi connectivity index (χ0v) is 10.1. The van der Waals surface area contributed by atoms with E-state index in [1.54, 1.807) is 16.8 Å². The standard InChI is InChI=1S/C13H12FN5/c14-8-2-1-3-9(6-8)19-13-10(12(15)16-17-13)11(18-19)7-4-5-7/h1-3,6-7H,4-5H2,(H3,15,16,17). The second-order valence-electron chi connectivity index (χ2n) is 4.89. The van der Waals surface area contributed by atoms with Crippen molar-refractivity contribution >= 4 is 16.9 Å². The number of hydrogen-bond donors (Lipinski definition) is 2. The Morgan fingerprint density at radius 2 is 2.21 bits per heavy atom. The minimum Gasteiger partial charge on any atom is -0.383 e. The molecule has 0 radical (unpaired) electrons. The normalized spacial score (nSPS) is 15.2. The fourth-order valence-electron chi connectivity index (χ4n) is 2.39. The van der Waals surface area contributed by atoms with Gasteiger partial charge in [-0.05, 0) is 31.0 Å². The summed E-state index contributed by atoms with van der Waals surface area (Å²) in [4.78, 5) is 0. The van der Waals surface area contributed by atoms with Gasteiger partial charge < -0.3 is 5.73 Å². The van der Waals surface area contributed by atoms with Gasteiger partial charge in [0.05, 0.1) is 16.8 Å². The van der Waals surface area contributed by atoms with Crippen LogP contribution in [0, 0.1) is 5.82 Å². The fourth-order valence-corrected chi connectivity index (χ4v) is 2.39. The molecule has 6 heteroatoms. The summed E-state index contributed by atoms with van der Waals surface area (Å²) in [5.41, 5.74) is 8.20. The molecule has 5 nitrogen and oxygen atoms in total. The van der Waals surface area contributed by atoms with Gasteiger partial charge in [0.1, 0.15) is 11.6 Å². The van der Waals surface area contributed by atoms with Gasteiger partial charge in [0.2, 0.25) is 0 Å². The van der Waals surface area contributed by atoms with Gasteiger partial charge in [-0.3, -0.25) is 5.10 Å². The van der Waals surface area contributed by atoms with Crippen LogP contribution in [0.25, 0.3) is 16.7 Å². The zero-order valence-electron chi connectivity index (χ0n) is 10.1. The van der Waals surface area contributed by atoms with Crippen molar-refractivity contribution < 1.29 is 4.39 Å². The summed E-state index contributed by atoms with van der Waals surface area (Å²) in [5, 5.41) is 12.4. The predicted octanol–water partition coefficient (Wildman–Crippen LogP) is 2.35. The van der Waals surface area contributed by atoms with E-state index < -0.39 is 0 Å². The van der Waals surface area contributed by atoms with Crippen LogP contribution >= 0.6 is 0 Å². The minimum absolute atomic E-state index is 0.294. The molecule has 2 aromatic heterocycles. The Bertz CT molecular complexity index is 769. The molecular weight excluding hydrogens is 245 g/mol. The van der Waals surface area contributed by atoms with Gasteiger partial charge in [0.25, 0.3) is 0 Å². The van der Waals surface area contributed by atoms with E-state index >= 15 is 0 Å². The van der Waals surface area contributed by atoms with Crippen LogP contribution in [0.2, 0.25) is 0 Å². The van der Waals surface area contributed by atoms with Crippen molar-refractivity contribution in [1.82, 2.24) is 20.0 Å². The Morgan fingerprint density at radius 3 is 2.95 bits per heavy atom. The molecule has 3 N–H and O–H groups in total. The molecular formula is C13H12FN5. The van der Waals surface area contributed by atoms with Crippen LogP contribution < -0.4 is 5.73 Å². The Hall–Kier alpha value is -2.37. The molecule has 96 valence electrons. The van der Waals surface area contributed by atoms with Crippen molar-refractivity contribution in [2.45, 2.75) is 18.8 Å². The predicted molar refractivity (Wildman–Crippen MR) is 69.6 cm³/mol. The molecule has 0 bridgehead atoms. The van der Waals surface area contributed by atoms with Crippen molar-refractivity contribution in [2.75, 3.05) is 5.73 Å². The number of nitrogens with two attached hydrogens (primary N) is 1. The van der Waals surface area contributed by atoms with E-state index in [1.165, 1.54) is 12.1 Å². The number of aromatic amines is 1. The Kier molecular flexibility index (Phi) is 1.98. The van der Waals surface area contributed by atoms with Gasteiger partial charge in [0.15, 0.2) is 5.65 Å². The Labute approximate surface area is 108 Å². The first-order valence-corrected chi connectivity index (χ1v) is 6.22. The monoisotopic (exact) mass is 257 g/mol. The SMILES string of the molecule is Nc1[nH]nc2c1c(C1CC1)nn2-c1cccc(F)c1. The highest BCUT2D eigenvalue weighted by Crippen LogP contribution is 2.43. The summed E-state index contributed by atoms with van der Waals surface area (Å²) in [6, 6.07) is 6.31. The first kappa shape index (κ1) is 10.5. The van der Waals surface area contributed by atoms with Crippen molar-refractivity contribution in [2.24, 2.45) is 0 Å². The van der Waals surface area contributed by atoms with Crippen LogP contribution in [-0.4, -0.2) is 20.0 Å². The van der Waals surface area contributed by atoms with E-state index in [9.17, 15) is 4.39 Å². The van der Waals surface area contributed by atoms with Gasteiger partial charge in [0, 0.05) is 5.92 Å². The molecule has 0 saturated heterocycles. The van der Waals surface area contributed by atoms with Gasteiger partial charge in [-0.2, -0.15) is 10.2 Å². The summed E-state index contributed by atoms with van der Waals surface area (Å²) in [7, 11) is 0. The molecule has 0 aliphatic heterocycles. The van der Waals surface area contributed by atoms with Crippen LogP contribution in [0.15, 0.2) is 24.3 Å². The lowest BCUT2D eigenvalue weighted by Crippen LogP contribution is -1.99. The van der Waals surface area contributed by atoms with Crippen molar-refractivity contribution in [1.29, 1.82) is 0 Å². The third-order valence-electron chi connectivity index (χ3n) is 3.46. The number of H-pyrrole nitrogens is 1. The highest BCUT2D eigenvalue weighted by molar-refractivity contribution is 5.90. The lowest BCUT2D eigenvalue weighted by molar-refractivity contribution is 0.625. The number of nitrogen functional groups attached to an aromatic ring is 1. The topological polar surface area (TPSA) is 72.5 Å². The van der Waals surface area contributed by atoms with E-state index in [4.69, 9.17) is 5.73 Å². The number of halogens is 1. The van der Waals surface area contributed by atoms with Gasteiger partial charge in [-0.1, -0.05) is 6.07 Å². The summed E-state index contributed by atoms with van der Waals surface area (Å²) < 4.78 is 15.0. The van der Waals surface area contributed by atoms with Gasteiger partial charge >= 0.3 is 0 Å². The van der Waals surface area contributed by atoms with Crippen LogP contribution in [0.3, 0.4) is 0 Å². The average Bonchev–Trinajstić information content (AvgIpc) is 3.06. The molecule has 1 fully saturated rings. The molecule has 3 aromatic rings. The summed E-state index contributed by atoms with van der Waals surface area (Å²) in [6.07, 6.45) is 2.25. The Balaban J connectivity index is 1.99. The number of nitrogens with one attached hydrogen (secondary N) is 1. The second-order valence-corrected chi connectivity index (χ2v) is 4.89.